The van der Waals surface area contributed by atoms with Gasteiger partial charge in [0, 0.05) is 25.6 Å². The number of aromatic amines is 1. The van der Waals surface area contributed by atoms with Crippen molar-refractivity contribution < 1.29 is 4.79 Å². The van der Waals surface area contributed by atoms with E-state index < -0.39 is 0 Å². The van der Waals surface area contributed by atoms with Gasteiger partial charge in [0.25, 0.3) is 11.5 Å². The van der Waals surface area contributed by atoms with Gasteiger partial charge in [-0.2, -0.15) is 5.10 Å². The van der Waals surface area contributed by atoms with Gasteiger partial charge in [-0.25, -0.2) is 4.52 Å². The van der Waals surface area contributed by atoms with E-state index in [1.54, 1.807) is 15.5 Å². The summed E-state index contributed by atoms with van der Waals surface area (Å²) >= 11 is 0. The Balaban J connectivity index is 0.00000196. The summed E-state index contributed by atoms with van der Waals surface area (Å²) in [7, 11) is 1.83. The van der Waals surface area contributed by atoms with E-state index in [0.29, 0.717) is 22.8 Å². The molecule has 1 aliphatic heterocycles. The summed E-state index contributed by atoms with van der Waals surface area (Å²) in [6.45, 7) is 4.49. The lowest BCUT2D eigenvalue weighted by molar-refractivity contribution is 0.0789. The van der Waals surface area contributed by atoms with Crippen molar-refractivity contribution in [2.45, 2.75) is 38.5 Å². The number of hydrogen-bond donors (Lipinski definition) is 2. The molecule has 0 bridgehead atoms. The molecular formula is C18H26ClN5O2. The Kier molecular flexibility index (Phi) is 5.39. The minimum atomic E-state index is -0.167. The van der Waals surface area contributed by atoms with Gasteiger partial charge < -0.3 is 15.2 Å². The molecule has 142 valence electrons. The molecule has 1 saturated carbocycles. The predicted octanol–water partition coefficient (Wildman–Crippen LogP) is 1.70. The molecule has 0 atom stereocenters. The van der Waals surface area contributed by atoms with Crippen LogP contribution in [-0.4, -0.2) is 52.1 Å². The number of hydrogen-bond acceptors (Lipinski definition) is 4. The van der Waals surface area contributed by atoms with Crippen LogP contribution in [0.1, 0.15) is 53.3 Å². The minimum Gasteiger partial charge on any atom is -0.341 e. The SMILES string of the molecule is Cc1nn2c(C3CCNCC3)cc(=O)[nH]c2c1C(=O)N(C)CC1CC1.Cl. The molecule has 1 saturated heterocycles. The lowest BCUT2D eigenvalue weighted by atomic mass is 9.94. The van der Waals surface area contributed by atoms with E-state index in [9.17, 15) is 9.59 Å². The summed E-state index contributed by atoms with van der Waals surface area (Å²) < 4.78 is 1.78. The summed E-state index contributed by atoms with van der Waals surface area (Å²) in [6, 6.07) is 1.64. The number of fused-ring (bicyclic) bond motifs is 1. The second kappa shape index (κ2) is 7.40. The van der Waals surface area contributed by atoms with Gasteiger partial charge in [-0.05, 0) is 51.6 Å². The zero-order valence-corrected chi connectivity index (χ0v) is 16.1. The zero-order chi connectivity index (χ0) is 17.6. The Hall–Kier alpha value is -1.86. The first kappa shape index (κ1) is 18.9. The number of nitrogens with zero attached hydrogens (tertiary/aromatic N) is 3. The summed E-state index contributed by atoms with van der Waals surface area (Å²) in [5, 5.41) is 7.95. The molecule has 2 fully saturated rings. The number of halogens is 1. The molecule has 2 aliphatic rings. The Bertz CT molecular complexity index is 864. The van der Waals surface area contributed by atoms with Crippen LogP contribution in [0, 0.1) is 12.8 Å². The minimum absolute atomic E-state index is 0. The number of carbonyl (C=O) groups is 1. The molecule has 0 unspecified atom stereocenters. The van der Waals surface area contributed by atoms with Crippen LogP contribution in [0.3, 0.4) is 0 Å². The van der Waals surface area contributed by atoms with E-state index in [0.717, 1.165) is 38.2 Å². The van der Waals surface area contributed by atoms with E-state index in [2.05, 4.69) is 15.4 Å². The van der Waals surface area contributed by atoms with E-state index in [1.165, 1.54) is 12.8 Å². The van der Waals surface area contributed by atoms with Crippen LogP contribution in [0.4, 0.5) is 0 Å². The number of H-pyrrole nitrogens is 1. The topological polar surface area (TPSA) is 82.5 Å². The van der Waals surface area contributed by atoms with Gasteiger partial charge in [0.2, 0.25) is 0 Å². The number of aromatic nitrogens is 3. The fourth-order valence-corrected chi connectivity index (χ4v) is 3.80. The Morgan fingerprint density at radius 2 is 2.00 bits per heavy atom. The summed E-state index contributed by atoms with van der Waals surface area (Å²) in [6.07, 6.45) is 4.34. The highest BCUT2D eigenvalue weighted by Crippen LogP contribution is 2.30. The fraction of sp³-hybridized carbons (Fsp3) is 0.611. The van der Waals surface area contributed by atoms with Gasteiger partial charge in [0.15, 0.2) is 0 Å². The average Bonchev–Trinajstić information content (AvgIpc) is 3.35. The fourth-order valence-electron chi connectivity index (χ4n) is 3.80. The smallest absolute Gasteiger partial charge is 0.259 e. The number of aryl methyl sites for hydroxylation is 1. The molecule has 2 aromatic heterocycles. The van der Waals surface area contributed by atoms with E-state index in [4.69, 9.17) is 0 Å². The van der Waals surface area contributed by atoms with Gasteiger partial charge in [0.1, 0.15) is 11.2 Å². The molecule has 0 aromatic carbocycles. The van der Waals surface area contributed by atoms with Crippen molar-refractivity contribution in [3.8, 4) is 0 Å². The summed E-state index contributed by atoms with van der Waals surface area (Å²) in [5.74, 6) is 0.857. The lowest BCUT2D eigenvalue weighted by Crippen LogP contribution is -2.30. The van der Waals surface area contributed by atoms with Crippen LogP contribution < -0.4 is 10.9 Å². The normalized spacial score (nSPS) is 17.9. The number of amides is 1. The molecular weight excluding hydrogens is 354 g/mol. The molecule has 2 N–H and O–H groups in total. The van der Waals surface area contributed by atoms with Crippen LogP contribution >= 0.6 is 12.4 Å². The average molecular weight is 380 g/mol. The highest BCUT2D eigenvalue weighted by atomic mass is 35.5. The molecule has 1 amide bonds. The quantitative estimate of drug-likeness (QED) is 0.847. The largest absolute Gasteiger partial charge is 0.341 e. The van der Waals surface area contributed by atoms with Gasteiger partial charge in [0.05, 0.1) is 11.4 Å². The van der Waals surface area contributed by atoms with Crippen molar-refractivity contribution in [1.29, 1.82) is 0 Å². The second-order valence-electron chi connectivity index (χ2n) is 7.43. The molecule has 1 aliphatic carbocycles. The molecule has 0 radical (unpaired) electrons. The predicted molar refractivity (Wildman–Crippen MR) is 102 cm³/mol. The van der Waals surface area contributed by atoms with Crippen molar-refractivity contribution in [1.82, 2.24) is 24.8 Å². The third-order valence-corrected chi connectivity index (χ3v) is 5.37. The van der Waals surface area contributed by atoms with Crippen LogP contribution in [0.25, 0.3) is 5.65 Å². The van der Waals surface area contributed by atoms with Crippen LogP contribution in [0.15, 0.2) is 10.9 Å². The monoisotopic (exact) mass is 379 g/mol. The molecule has 8 heteroatoms. The van der Waals surface area contributed by atoms with E-state index in [1.807, 2.05) is 14.0 Å². The van der Waals surface area contributed by atoms with E-state index in [-0.39, 0.29) is 29.8 Å². The Labute approximate surface area is 158 Å². The third-order valence-electron chi connectivity index (χ3n) is 5.37. The highest BCUT2D eigenvalue weighted by Gasteiger charge is 2.29. The van der Waals surface area contributed by atoms with E-state index >= 15 is 0 Å². The first-order valence-electron chi connectivity index (χ1n) is 9.13. The molecule has 26 heavy (non-hydrogen) atoms. The lowest BCUT2D eigenvalue weighted by Gasteiger charge is -2.23. The first-order chi connectivity index (χ1) is 12.0. The molecule has 2 aromatic rings. The van der Waals surface area contributed by atoms with Crippen LogP contribution in [0.5, 0.6) is 0 Å². The van der Waals surface area contributed by atoms with Crippen molar-refractivity contribution in [2.24, 2.45) is 5.92 Å². The number of nitrogens with one attached hydrogen (secondary N) is 2. The van der Waals surface area contributed by atoms with Crippen molar-refractivity contribution in [2.75, 3.05) is 26.7 Å². The standard InChI is InChI=1S/C18H25N5O2.ClH/c1-11-16(18(25)22(2)10-12-3-4-12)17-20-15(24)9-14(23(17)21-11)13-5-7-19-8-6-13;/h9,12-13,19H,3-8,10H2,1-2H3,(H,20,24);1H. The van der Waals surface area contributed by atoms with Gasteiger partial charge in [-0.1, -0.05) is 0 Å². The van der Waals surface area contributed by atoms with Crippen molar-refractivity contribution in [3.05, 3.63) is 33.4 Å². The van der Waals surface area contributed by atoms with Gasteiger partial charge >= 0.3 is 0 Å². The molecule has 3 heterocycles. The van der Waals surface area contributed by atoms with Crippen LogP contribution in [-0.2, 0) is 0 Å². The maximum absolute atomic E-state index is 12.9. The zero-order valence-electron chi connectivity index (χ0n) is 15.2. The van der Waals surface area contributed by atoms with Crippen molar-refractivity contribution >= 4 is 24.0 Å². The van der Waals surface area contributed by atoms with Crippen molar-refractivity contribution in [3.63, 3.8) is 0 Å². The summed E-state index contributed by atoms with van der Waals surface area (Å²) in [5.41, 5.74) is 2.47. The van der Waals surface area contributed by atoms with Gasteiger partial charge in [-0.15, -0.1) is 12.4 Å². The number of rotatable bonds is 4. The summed E-state index contributed by atoms with van der Waals surface area (Å²) in [4.78, 5) is 29.8. The van der Waals surface area contributed by atoms with Gasteiger partial charge in [-0.3, -0.25) is 9.59 Å². The Morgan fingerprint density at radius 1 is 1.31 bits per heavy atom. The molecule has 0 spiro atoms. The molecule has 7 nitrogen and oxygen atoms in total. The third kappa shape index (κ3) is 3.50. The Morgan fingerprint density at radius 3 is 2.65 bits per heavy atom. The molecule has 4 rings (SSSR count). The maximum atomic E-state index is 12.9. The van der Waals surface area contributed by atoms with Crippen LogP contribution in [0.2, 0.25) is 0 Å². The second-order valence-corrected chi connectivity index (χ2v) is 7.43. The number of carbonyl (C=O) groups excluding carboxylic acids is 1. The highest BCUT2D eigenvalue weighted by molar-refractivity contribution is 6.00. The maximum Gasteiger partial charge on any atom is 0.259 e. The first-order valence-corrected chi connectivity index (χ1v) is 9.13. The number of piperidine rings is 1.